The Morgan fingerprint density at radius 2 is 1.89 bits per heavy atom. The second-order valence-corrected chi connectivity index (χ2v) is 11.1. The molecule has 3 aromatic heterocycles. The number of hydrogen-bond donors (Lipinski definition) is 0. The molecule has 0 N–H and O–H groups in total. The van der Waals surface area contributed by atoms with Crippen LogP contribution in [0.3, 0.4) is 0 Å². The SMILES string of the molecule is C=C/C1=C/c2nc(-c3cc(C(C)C)n(CCC)n3)c(c3sccc23)/C=C(/C=C(/F)C=C)OCCOC/C=C/CCO1.C=CC. The fourth-order valence-electron chi connectivity index (χ4n) is 4.47. The van der Waals surface area contributed by atoms with Crippen molar-refractivity contribution >= 4 is 33.6 Å². The van der Waals surface area contributed by atoms with E-state index in [4.69, 9.17) is 24.3 Å². The summed E-state index contributed by atoms with van der Waals surface area (Å²) >= 11 is 1.59. The van der Waals surface area contributed by atoms with Crippen molar-refractivity contribution in [3.63, 3.8) is 0 Å². The number of halogens is 1. The summed E-state index contributed by atoms with van der Waals surface area (Å²) in [5, 5.41) is 7.97. The molecule has 4 rings (SSSR count). The van der Waals surface area contributed by atoms with E-state index in [0.717, 1.165) is 58.2 Å². The van der Waals surface area contributed by atoms with E-state index < -0.39 is 5.83 Å². The van der Waals surface area contributed by atoms with Gasteiger partial charge in [-0.25, -0.2) is 9.37 Å². The van der Waals surface area contributed by atoms with E-state index >= 15 is 0 Å². The summed E-state index contributed by atoms with van der Waals surface area (Å²) in [5.74, 6) is 0.754. The van der Waals surface area contributed by atoms with Gasteiger partial charge in [0.05, 0.1) is 25.5 Å². The van der Waals surface area contributed by atoms with Gasteiger partial charge in [-0.15, -0.1) is 17.9 Å². The predicted octanol–water partition coefficient (Wildman–Crippen LogP) is 9.80. The van der Waals surface area contributed by atoms with Crippen molar-refractivity contribution in [1.82, 2.24) is 14.8 Å². The smallest absolute Gasteiger partial charge is 0.126 e. The number of aryl methyl sites for hydroxylation is 1. The monoisotopic (exact) mass is 617 g/mol. The first kappa shape index (κ1) is 34.5. The van der Waals surface area contributed by atoms with E-state index in [1.54, 1.807) is 23.5 Å². The lowest BCUT2D eigenvalue weighted by molar-refractivity contribution is 0.0956. The Morgan fingerprint density at radius 1 is 1.11 bits per heavy atom. The van der Waals surface area contributed by atoms with Crippen LogP contribution in [0.2, 0.25) is 0 Å². The molecule has 0 aromatic carbocycles. The Bertz CT molecular complexity index is 1540. The zero-order valence-corrected chi connectivity index (χ0v) is 27.2. The molecule has 0 unspecified atom stereocenters. The summed E-state index contributed by atoms with van der Waals surface area (Å²) in [6.07, 6.45) is 15.3. The third-order valence-corrected chi connectivity index (χ3v) is 7.37. The number of rotatable bonds is 7. The third-order valence-electron chi connectivity index (χ3n) is 6.43. The molecule has 0 saturated carbocycles. The first-order chi connectivity index (χ1) is 21.4. The van der Waals surface area contributed by atoms with Gasteiger partial charge in [0, 0.05) is 40.0 Å². The zero-order chi connectivity index (χ0) is 31.9. The molecule has 0 spiro atoms. The van der Waals surface area contributed by atoms with Crippen molar-refractivity contribution in [2.75, 3.05) is 26.4 Å². The first-order valence-electron chi connectivity index (χ1n) is 15.0. The van der Waals surface area contributed by atoms with Crippen LogP contribution in [0.5, 0.6) is 0 Å². The average molecular weight is 618 g/mol. The Labute approximate surface area is 265 Å². The van der Waals surface area contributed by atoms with Crippen molar-refractivity contribution in [3.05, 3.63) is 108 Å². The maximum atomic E-state index is 14.5. The number of pyridine rings is 1. The molecule has 234 valence electrons. The van der Waals surface area contributed by atoms with Crippen LogP contribution >= 0.6 is 11.3 Å². The third kappa shape index (κ3) is 9.49. The molecule has 3 aromatic rings. The van der Waals surface area contributed by atoms with E-state index in [2.05, 4.69) is 51.3 Å². The molecule has 0 radical (unpaired) electrons. The van der Waals surface area contributed by atoms with Crippen LogP contribution in [0.1, 0.15) is 63.4 Å². The molecular formula is C36H44FN3O3S. The molecule has 0 aliphatic carbocycles. The minimum absolute atomic E-state index is 0.256. The number of hydrogen-bond acceptors (Lipinski definition) is 6. The van der Waals surface area contributed by atoms with Crippen LogP contribution in [-0.4, -0.2) is 41.2 Å². The van der Waals surface area contributed by atoms with Crippen LogP contribution in [0.4, 0.5) is 4.39 Å². The van der Waals surface area contributed by atoms with Crippen LogP contribution in [0.25, 0.3) is 33.6 Å². The normalized spacial score (nSPS) is 17.9. The molecule has 1 aliphatic rings. The van der Waals surface area contributed by atoms with Crippen LogP contribution in [-0.2, 0) is 20.8 Å². The second kappa shape index (κ2) is 18.0. The summed E-state index contributed by atoms with van der Waals surface area (Å²) in [6.45, 7) is 21.6. The summed E-state index contributed by atoms with van der Waals surface area (Å²) in [5.41, 5.74) is 4.11. The molecule has 44 heavy (non-hydrogen) atoms. The van der Waals surface area contributed by atoms with Crippen molar-refractivity contribution in [1.29, 1.82) is 0 Å². The Kier molecular flexibility index (Phi) is 14.1. The summed E-state index contributed by atoms with van der Waals surface area (Å²) in [4.78, 5) is 5.15. The van der Waals surface area contributed by atoms with E-state index in [-0.39, 0.29) is 12.5 Å². The lowest BCUT2D eigenvalue weighted by Gasteiger charge is -2.12. The highest BCUT2D eigenvalue weighted by molar-refractivity contribution is 7.17. The molecular weight excluding hydrogens is 573 g/mol. The highest BCUT2D eigenvalue weighted by Gasteiger charge is 2.20. The number of allylic oxidation sites excluding steroid dienone is 5. The maximum absolute atomic E-state index is 14.5. The van der Waals surface area contributed by atoms with E-state index in [9.17, 15) is 4.39 Å². The molecule has 8 heteroatoms. The molecule has 4 heterocycles. The van der Waals surface area contributed by atoms with Crippen LogP contribution in [0, 0.1) is 0 Å². The van der Waals surface area contributed by atoms with Crippen molar-refractivity contribution < 1.29 is 18.6 Å². The van der Waals surface area contributed by atoms with Gasteiger partial charge >= 0.3 is 0 Å². The zero-order valence-electron chi connectivity index (χ0n) is 26.4. The topological polar surface area (TPSA) is 58.4 Å². The minimum Gasteiger partial charge on any atom is -0.493 e. The minimum atomic E-state index is -0.499. The van der Waals surface area contributed by atoms with Gasteiger partial charge in [-0.2, -0.15) is 5.10 Å². The van der Waals surface area contributed by atoms with Crippen molar-refractivity contribution in [3.8, 4) is 11.4 Å². The van der Waals surface area contributed by atoms with Gasteiger partial charge < -0.3 is 14.2 Å². The Morgan fingerprint density at radius 3 is 2.59 bits per heavy atom. The van der Waals surface area contributed by atoms with Gasteiger partial charge in [-0.1, -0.05) is 52.2 Å². The van der Waals surface area contributed by atoms with Gasteiger partial charge in [-0.3, -0.25) is 4.68 Å². The summed E-state index contributed by atoms with van der Waals surface area (Å²) < 4.78 is 35.2. The van der Waals surface area contributed by atoms with Crippen molar-refractivity contribution in [2.24, 2.45) is 0 Å². The van der Waals surface area contributed by atoms with Crippen LogP contribution in [0.15, 0.2) is 91.1 Å². The number of ether oxygens (including phenoxy) is 3. The molecule has 0 saturated heterocycles. The fraction of sp³-hybridized carbons (Fsp3) is 0.333. The predicted molar refractivity (Wildman–Crippen MR) is 183 cm³/mol. The lowest BCUT2D eigenvalue weighted by atomic mass is 10.0. The number of aromatic nitrogens is 3. The Hall–Kier alpha value is -4.01. The molecule has 1 aliphatic heterocycles. The second-order valence-electron chi connectivity index (χ2n) is 10.2. The van der Waals surface area contributed by atoms with Gasteiger partial charge in [-0.05, 0) is 61.4 Å². The fourth-order valence-corrected chi connectivity index (χ4v) is 5.39. The number of fused-ring (bicyclic) bond motifs is 6. The summed E-state index contributed by atoms with van der Waals surface area (Å²) in [6, 6.07) is 4.14. The van der Waals surface area contributed by atoms with Gasteiger partial charge in [0.1, 0.15) is 35.3 Å². The standard InChI is InChI=1S/C33H38FN3O3S.C3H6/c1-6-13-37-31(23(4)5)22-30(36-37)32-28-20-26(19-24(34)7-2)40-17-16-38-14-10-9-11-15-39-25(8-3)21-29(35-32)27-12-18-41-33(27)28;1-3-2/h7-10,12,18-23H,2-3,6,11,13-17H2,1,4-5H3;3H,1H2,2H3/b10-9+,24-19+,25-21-,26-20-;. The van der Waals surface area contributed by atoms with E-state index in [1.165, 1.54) is 6.08 Å². The van der Waals surface area contributed by atoms with Crippen molar-refractivity contribution in [2.45, 2.75) is 53.0 Å². The van der Waals surface area contributed by atoms with Gasteiger partial charge in [0.25, 0.3) is 0 Å². The van der Waals surface area contributed by atoms with Crippen LogP contribution < -0.4 is 0 Å². The first-order valence-corrected chi connectivity index (χ1v) is 15.8. The van der Waals surface area contributed by atoms with Gasteiger partial charge in [0.2, 0.25) is 0 Å². The summed E-state index contributed by atoms with van der Waals surface area (Å²) in [7, 11) is 0. The molecule has 2 bridgehead atoms. The average Bonchev–Trinajstić information content (AvgIpc) is 3.66. The maximum Gasteiger partial charge on any atom is 0.126 e. The highest BCUT2D eigenvalue weighted by atomic mass is 32.1. The molecule has 0 fully saturated rings. The quantitative estimate of drug-likeness (QED) is 0.195. The number of nitrogens with zero attached hydrogens (tertiary/aromatic N) is 3. The number of thiophene rings is 1. The van der Waals surface area contributed by atoms with E-state index in [1.807, 2.05) is 42.7 Å². The lowest BCUT2D eigenvalue weighted by Crippen LogP contribution is -2.06. The molecule has 0 atom stereocenters. The highest BCUT2D eigenvalue weighted by Crippen LogP contribution is 2.37. The largest absolute Gasteiger partial charge is 0.493 e. The molecule has 0 amide bonds. The van der Waals surface area contributed by atoms with Gasteiger partial charge in [0.15, 0.2) is 0 Å². The van der Waals surface area contributed by atoms with E-state index in [0.29, 0.717) is 37.0 Å². The molecule has 6 nitrogen and oxygen atoms in total. The Balaban J connectivity index is 0.00000169.